The topological polar surface area (TPSA) is 79.9 Å². The monoisotopic (exact) mass is 410 g/mol. The lowest BCUT2D eigenvalue weighted by Crippen LogP contribution is -2.15. The number of ether oxygens (including phenoxy) is 1. The maximum absolute atomic E-state index is 12.2. The molecule has 7 heteroatoms. The molecule has 0 aliphatic rings. The summed E-state index contributed by atoms with van der Waals surface area (Å²) >= 11 is 1.29. The predicted molar refractivity (Wildman–Crippen MR) is 116 cm³/mol. The van der Waals surface area contributed by atoms with Gasteiger partial charge < -0.3 is 10.1 Å². The lowest BCUT2D eigenvalue weighted by Gasteiger charge is -2.08. The van der Waals surface area contributed by atoms with E-state index in [4.69, 9.17) is 4.74 Å². The molecule has 1 aromatic heterocycles. The van der Waals surface area contributed by atoms with Crippen molar-refractivity contribution in [2.45, 2.75) is 44.9 Å². The number of carbonyl (C=O) groups excluding carboxylic acids is 1. The molecule has 6 nitrogen and oxygen atoms in total. The van der Waals surface area contributed by atoms with Crippen molar-refractivity contribution >= 4 is 23.4 Å². The molecule has 1 heterocycles. The van der Waals surface area contributed by atoms with Gasteiger partial charge in [0.25, 0.3) is 0 Å². The summed E-state index contributed by atoms with van der Waals surface area (Å²) in [4.78, 5) is 16.6. The van der Waals surface area contributed by atoms with Crippen LogP contribution in [0.15, 0.2) is 53.7 Å². The number of carbonyl (C=O) groups is 1. The Hall–Kier alpha value is -2.80. The number of hydrogen-bond donors (Lipinski definition) is 2. The van der Waals surface area contributed by atoms with E-state index in [0.717, 1.165) is 23.4 Å². The van der Waals surface area contributed by atoms with Gasteiger partial charge in [0.05, 0.1) is 5.75 Å². The molecule has 3 aromatic rings. The highest BCUT2D eigenvalue weighted by atomic mass is 32.2. The average molecular weight is 411 g/mol. The number of aromatic nitrogens is 3. The molecule has 0 bridgehead atoms. The SMILES string of the molecule is CCc1ccccc1NC(=O)CSc1n[nH]c(COc2ccc(C(C)C)cc2)n1. The summed E-state index contributed by atoms with van der Waals surface area (Å²) in [6.07, 6.45) is 0.869. The van der Waals surface area contributed by atoms with Crippen molar-refractivity contribution in [2.24, 2.45) is 0 Å². The first-order valence-corrected chi connectivity index (χ1v) is 10.7. The van der Waals surface area contributed by atoms with Crippen LogP contribution < -0.4 is 10.1 Å². The first-order valence-electron chi connectivity index (χ1n) is 9.69. The molecule has 1 amide bonds. The number of anilines is 1. The molecule has 152 valence electrons. The van der Waals surface area contributed by atoms with Crippen LogP contribution in [0, 0.1) is 0 Å². The van der Waals surface area contributed by atoms with Gasteiger partial charge in [-0.1, -0.05) is 62.9 Å². The third kappa shape index (κ3) is 6.09. The fourth-order valence-corrected chi connectivity index (χ4v) is 3.39. The fraction of sp³-hybridized carbons (Fsp3) is 0.318. The number of nitrogens with zero attached hydrogens (tertiary/aromatic N) is 2. The van der Waals surface area contributed by atoms with Crippen LogP contribution in [0.25, 0.3) is 0 Å². The second kappa shape index (κ2) is 10.1. The van der Waals surface area contributed by atoms with Gasteiger partial charge in [-0.3, -0.25) is 9.89 Å². The molecule has 0 fully saturated rings. The molecule has 29 heavy (non-hydrogen) atoms. The van der Waals surface area contributed by atoms with Gasteiger partial charge in [-0.2, -0.15) is 0 Å². The van der Waals surface area contributed by atoms with Crippen molar-refractivity contribution in [3.8, 4) is 5.75 Å². The van der Waals surface area contributed by atoms with E-state index < -0.39 is 0 Å². The number of nitrogens with one attached hydrogen (secondary N) is 2. The molecule has 0 saturated carbocycles. The van der Waals surface area contributed by atoms with E-state index in [-0.39, 0.29) is 11.7 Å². The van der Waals surface area contributed by atoms with Crippen molar-refractivity contribution in [1.29, 1.82) is 0 Å². The fourth-order valence-electron chi connectivity index (χ4n) is 2.77. The molecule has 2 N–H and O–H groups in total. The summed E-state index contributed by atoms with van der Waals surface area (Å²) in [7, 11) is 0. The number of aryl methyl sites for hydroxylation is 1. The van der Waals surface area contributed by atoms with E-state index in [1.807, 2.05) is 36.4 Å². The largest absolute Gasteiger partial charge is 0.486 e. The zero-order valence-electron chi connectivity index (χ0n) is 16.9. The number of amides is 1. The molecular formula is C22H26N4O2S. The van der Waals surface area contributed by atoms with E-state index in [9.17, 15) is 4.79 Å². The normalized spacial score (nSPS) is 10.9. The van der Waals surface area contributed by atoms with Crippen LogP contribution in [-0.2, 0) is 17.8 Å². The van der Waals surface area contributed by atoms with Gasteiger partial charge in [0, 0.05) is 5.69 Å². The molecule has 0 radical (unpaired) electrons. The Morgan fingerprint density at radius 3 is 2.66 bits per heavy atom. The summed E-state index contributed by atoms with van der Waals surface area (Å²) in [6.45, 7) is 6.68. The predicted octanol–water partition coefficient (Wildman–Crippen LogP) is 4.80. The minimum Gasteiger partial charge on any atom is -0.486 e. The van der Waals surface area contributed by atoms with Crippen LogP contribution in [0.3, 0.4) is 0 Å². The van der Waals surface area contributed by atoms with Crippen molar-refractivity contribution in [3.05, 3.63) is 65.5 Å². The van der Waals surface area contributed by atoms with E-state index in [2.05, 4.69) is 53.4 Å². The molecule has 0 spiro atoms. The molecule has 0 atom stereocenters. The van der Waals surface area contributed by atoms with Gasteiger partial charge in [0.15, 0.2) is 5.82 Å². The molecule has 3 rings (SSSR count). The van der Waals surface area contributed by atoms with E-state index >= 15 is 0 Å². The van der Waals surface area contributed by atoms with Crippen LogP contribution in [0.1, 0.15) is 43.6 Å². The molecule has 2 aromatic carbocycles. The van der Waals surface area contributed by atoms with Gasteiger partial charge in [-0.05, 0) is 41.7 Å². The maximum Gasteiger partial charge on any atom is 0.234 e. The summed E-state index contributed by atoms with van der Waals surface area (Å²) in [5.41, 5.74) is 3.24. The molecule has 0 unspecified atom stereocenters. The Bertz CT molecular complexity index is 938. The Kier molecular flexibility index (Phi) is 7.30. The van der Waals surface area contributed by atoms with Crippen LogP contribution in [0.5, 0.6) is 5.75 Å². The minimum absolute atomic E-state index is 0.0799. The smallest absolute Gasteiger partial charge is 0.234 e. The summed E-state index contributed by atoms with van der Waals surface area (Å²) in [5, 5.41) is 10.5. The molecular weight excluding hydrogens is 384 g/mol. The van der Waals surface area contributed by atoms with Crippen molar-refractivity contribution in [3.63, 3.8) is 0 Å². The summed E-state index contributed by atoms with van der Waals surface area (Å²) < 4.78 is 5.75. The Balaban J connectivity index is 1.46. The van der Waals surface area contributed by atoms with Crippen LogP contribution in [0.4, 0.5) is 5.69 Å². The number of rotatable bonds is 9. The summed E-state index contributed by atoms with van der Waals surface area (Å²) in [6, 6.07) is 15.9. The number of thioether (sulfide) groups is 1. The van der Waals surface area contributed by atoms with E-state index in [0.29, 0.717) is 23.5 Å². The van der Waals surface area contributed by atoms with Gasteiger partial charge in [-0.25, -0.2) is 4.98 Å². The molecule has 0 saturated heterocycles. The van der Waals surface area contributed by atoms with E-state index in [1.165, 1.54) is 17.3 Å². The van der Waals surface area contributed by atoms with Gasteiger partial charge in [0.2, 0.25) is 11.1 Å². The standard InChI is InChI=1S/C22H26N4O2S/c1-4-16-7-5-6-8-19(16)23-21(27)14-29-22-24-20(25-26-22)13-28-18-11-9-17(10-12-18)15(2)3/h5-12,15H,4,13-14H2,1-3H3,(H,23,27)(H,24,25,26). The third-order valence-electron chi connectivity index (χ3n) is 4.44. The number of benzene rings is 2. The van der Waals surface area contributed by atoms with E-state index in [1.54, 1.807) is 0 Å². The van der Waals surface area contributed by atoms with Crippen molar-refractivity contribution in [2.75, 3.05) is 11.1 Å². The number of H-pyrrole nitrogens is 1. The zero-order valence-corrected chi connectivity index (χ0v) is 17.8. The zero-order chi connectivity index (χ0) is 20.6. The quantitative estimate of drug-likeness (QED) is 0.495. The van der Waals surface area contributed by atoms with Gasteiger partial charge in [-0.15, -0.1) is 5.10 Å². The third-order valence-corrected chi connectivity index (χ3v) is 5.29. The highest BCUT2D eigenvalue weighted by molar-refractivity contribution is 7.99. The second-order valence-corrected chi connectivity index (χ2v) is 7.87. The summed E-state index contributed by atoms with van der Waals surface area (Å²) in [5.74, 6) is 2.06. The minimum atomic E-state index is -0.0799. The first-order chi connectivity index (χ1) is 14.0. The highest BCUT2D eigenvalue weighted by Gasteiger charge is 2.10. The number of para-hydroxylation sites is 1. The van der Waals surface area contributed by atoms with Crippen molar-refractivity contribution < 1.29 is 9.53 Å². The Labute approximate surface area is 175 Å². The molecule has 0 aliphatic heterocycles. The maximum atomic E-state index is 12.2. The Morgan fingerprint density at radius 1 is 1.17 bits per heavy atom. The first kappa shape index (κ1) is 20.9. The lowest BCUT2D eigenvalue weighted by atomic mass is 10.0. The van der Waals surface area contributed by atoms with Crippen LogP contribution >= 0.6 is 11.8 Å². The second-order valence-electron chi connectivity index (χ2n) is 6.92. The average Bonchev–Trinajstić information content (AvgIpc) is 3.19. The lowest BCUT2D eigenvalue weighted by molar-refractivity contribution is -0.113. The number of hydrogen-bond acceptors (Lipinski definition) is 5. The van der Waals surface area contributed by atoms with Crippen LogP contribution in [0.2, 0.25) is 0 Å². The van der Waals surface area contributed by atoms with Crippen molar-refractivity contribution in [1.82, 2.24) is 15.2 Å². The van der Waals surface area contributed by atoms with Gasteiger partial charge in [0.1, 0.15) is 12.4 Å². The highest BCUT2D eigenvalue weighted by Crippen LogP contribution is 2.20. The van der Waals surface area contributed by atoms with Crippen LogP contribution in [-0.4, -0.2) is 26.8 Å². The Morgan fingerprint density at radius 2 is 1.93 bits per heavy atom. The number of aromatic amines is 1. The van der Waals surface area contributed by atoms with Gasteiger partial charge >= 0.3 is 0 Å². The molecule has 0 aliphatic carbocycles.